The van der Waals surface area contributed by atoms with E-state index in [4.69, 9.17) is 0 Å². The van der Waals surface area contributed by atoms with E-state index < -0.39 is 5.97 Å². The van der Waals surface area contributed by atoms with Gasteiger partial charge in [0.05, 0.1) is 16.7 Å². The highest BCUT2D eigenvalue weighted by Gasteiger charge is 2.32. The molecule has 112 valence electrons. The van der Waals surface area contributed by atoms with Gasteiger partial charge in [-0.2, -0.15) is 5.10 Å². The Morgan fingerprint density at radius 3 is 2.64 bits per heavy atom. The third kappa shape index (κ3) is 1.83. The van der Waals surface area contributed by atoms with Crippen molar-refractivity contribution in [2.24, 2.45) is 7.05 Å². The number of nitrogens with zero attached hydrogens (tertiary/aromatic N) is 2. The van der Waals surface area contributed by atoms with Crippen LogP contribution in [-0.4, -0.2) is 25.8 Å². The number of benzene rings is 1. The van der Waals surface area contributed by atoms with Gasteiger partial charge in [-0.3, -0.25) is 4.68 Å². The summed E-state index contributed by atoms with van der Waals surface area (Å²) in [5.74, 6) is -0.974. The van der Waals surface area contributed by atoms with Gasteiger partial charge in [-0.15, -0.1) is 0 Å². The van der Waals surface area contributed by atoms with E-state index in [1.165, 1.54) is 12.1 Å². The van der Waals surface area contributed by atoms with Crippen LogP contribution in [0.15, 0.2) is 24.3 Å². The van der Waals surface area contributed by atoms with Crippen molar-refractivity contribution in [1.29, 1.82) is 0 Å². The zero-order chi connectivity index (χ0) is 15.4. The highest BCUT2D eigenvalue weighted by Crippen LogP contribution is 2.44. The second-order valence-corrected chi connectivity index (χ2v) is 5.69. The van der Waals surface area contributed by atoms with Crippen LogP contribution in [0.2, 0.25) is 0 Å². The van der Waals surface area contributed by atoms with Crippen LogP contribution in [0.3, 0.4) is 0 Å². The number of rotatable bonds is 3. The lowest BCUT2D eigenvalue weighted by molar-refractivity contribution is 0.0692. The van der Waals surface area contributed by atoms with Gasteiger partial charge in [0.15, 0.2) is 0 Å². The Morgan fingerprint density at radius 1 is 1.36 bits per heavy atom. The van der Waals surface area contributed by atoms with Crippen molar-refractivity contribution in [2.45, 2.75) is 18.8 Å². The Balaban J connectivity index is 2.04. The summed E-state index contributed by atoms with van der Waals surface area (Å²) in [4.78, 5) is 14.6. The first-order chi connectivity index (χ1) is 10.6. The Bertz CT molecular complexity index is 888. The average Bonchev–Trinajstić information content (AvgIpc) is 3.16. The molecule has 0 atom stereocenters. The molecule has 3 aromatic rings. The van der Waals surface area contributed by atoms with Gasteiger partial charge in [0.2, 0.25) is 0 Å². The van der Waals surface area contributed by atoms with Crippen LogP contribution in [0.5, 0.6) is 0 Å². The highest BCUT2D eigenvalue weighted by molar-refractivity contribution is 6.06. The maximum Gasteiger partial charge on any atom is 0.353 e. The molecule has 22 heavy (non-hydrogen) atoms. The van der Waals surface area contributed by atoms with Crippen LogP contribution in [0.25, 0.3) is 22.2 Å². The summed E-state index contributed by atoms with van der Waals surface area (Å²) in [6.45, 7) is 0. The third-order valence-corrected chi connectivity index (χ3v) is 4.12. The van der Waals surface area contributed by atoms with E-state index in [0.29, 0.717) is 17.0 Å². The van der Waals surface area contributed by atoms with Gasteiger partial charge in [0.25, 0.3) is 0 Å². The lowest BCUT2D eigenvalue weighted by atomic mass is 10.0. The van der Waals surface area contributed by atoms with Crippen molar-refractivity contribution in [2.75, 3.05) is 0 Å². The SMILES string of the molecule is Cn1nc(C2CC2)c2[nH]c(C(=O)O)c(-c3ccc(F)cc3)c21. The molecule has 4 rings (SSSR count). The first kappa shape index (κ1) is 13.1. The van der Waals surface area contributed by atoms with Crippen molar-refractivity contribution in [1.82, 2.24) is 14.8 Å². The van der Waals surface area contributed by atoms with Gasteiger partial charge < -0.3 is 10.1 Å². The lowest BCUT2D eigenvalue weighted by Crippen LogP contribution is -2.01. The number of aromatic amines is 1. The van der Waals surface area contributed by atoms with Crippen LogP contribution in [0, 0.1) is 5.82 Å². The second kappa shape index (κ2) is 4.43. The number of aryl methyl sites for hydroxylation is 1. The number of nitrogens with one attached hydrogen (secondary N) is 1. The summed E-state index contributed by atoms with van der Waals surface area (Å²) < 4.78 is 14.9. The Kier molecular flexibility index (Phi) is 2.63. The monoisotopic (exact) mass is 299 g/mol. The van der Waals surface area contributed by atoms with E-state index in [-0.39, 0.29) is 11.5 Å². The minimum absolute atomic E-state index is 0.122. The summed E-state index contributed by atoms with van der Waals surface area (Å²) in [6.07, 6.45) is 2.17. The Morgan fingerprint density at radius 2 is 2.05 bits per heavy atom. The molecule has 1 aromatic carbocycles. The van der Waals surface area contributed by atoms with E-state index >= 15 is 0 Å². The molecule has 0 amide bonds. The van der Waals surface area contributed by atoms with E-state index in [0.717, 1.165) is 29.6 Å². The minimum Gasteiger partial charge on any atom is -0.477 e. The van der Waals surface area contributed by atoms with Gasteiger partial charge >= 0.3 is 5.97 Å². The normalized spacial score (nSPS) is 14.6. The number of hydrogen-bond acceptors (Lipinski definition) is 2. The number of H-pyrrole nitrogens is 1. The smallest absolute Gasteiger partial charge is 0.353 e. The molecule has 0 saturated heterocycles. The lowest BCUT2D eigenvalue weighted by Gasteiger charge is -2.03. The van der Waals surface area contributed by atoms with Gasteiger partial charge in [0.1, 0.15) is 11.5 Å². The van der Waals surface area contributed by atoms with E-state index in [1.54, 1.807) is 23.9 Å². The fourth-order valence-corrected chi connectivity index (χ4v) is 2.96. The molecule has 1 fully saturated rings. The average molecular weight is 299 g/mol. The quantitative estimate of drug-likeness (QED) is 0.779. The molecular weight excluding hydrogens is 285 g/mol. The topological polar surface area (TPSA) is 70.9 Å². The molecule has 2 heterocycles. The number of carboxylic acids is 1. The molecule has 5 nitrogen and oxygen atoms in total. The van der Waals surface area contributed by atoms with Crippen LogP contribution in [0.4, 0.5) is 4.39 Å². The Labute approximate surface area is 125 Å². The number of aromatic nitrogens is 3. The summed E-state index contributed by atoms with van der Waals surface area (Å²) in [7, 11) is 1.81. The molecule has 1 aliphatic rings. The molecular formula is C16H14FN3O2. The van der Waals surface area contributed by atoms with Crippen LogP contribution < -0.4 is 0 Å². The molecule has 0 radical (unpaired) electrons. The molecule has 1 aliphatic carbocycles. The van der Waals surface area contributed by atoms with Gasteiger partial charge in [-0.05, 0) is 30.5 Å². The van der Waals surface area contributed by atoms with Crippen molar-refractivity contribution < 1.29 is 14.3 Å². The number of carbonyl (C=O) groups is 1. The van der Waals surface area contributed by atoms with E-state index in [9.17, 15) is 14.3 Å². The molecule has 0 aliphatic heterocycles. The summed E-state index contributed by atoms with van der Waals surface area (Å²) in [5, 5.41) is 14.0. The predicted molar refractivity (Wildman–Crippen MR) is 79.4 cm³/mol. The van der Waals surface area contributed by atoms with Crippen LogP contribution in [-0.2, 0) is 7.05 Å². The van der Waals surface area contributed by atoms with Gasteiger partial charge in [0, 0.05) is 18.5 Å². The summed E-state index contributed by atoms with van der Waals surface area (Å²) >= 11 is 0. The maximum absolute atomic E-state index is 13.2. The largest absolute Gasteiger partial charge is 0.477 e. The standard InChI is InChI=1S/C16H14FN3O2/c1-20-15-11(8-4-6-10(17)7-5-8)13(16(21)22)18-14(15)12(19-20)9-2-3-9/h4-7,9,18H,2-3H2,1H3,(H,21,22). The van der Waals surface area contributed by atoms with Crippen molar-refractivity contribution in [3.8, 4) is 11.1 Å². The molecule has 1 saturated carbocycles. The maximum atomic E-state index is 13.2. The number of hydrogen-bond donors (Lipinski definition) is 2. The summed E-state index contributed by atoms with van der Waals surface area (Å²) in [5.41, 5.74) is 3.80. The first-order valence-electron chi connectivity index (χ1n) is 7.14. The first-order valence-corrected chi connectivity index (χ1v) is 7.14. The van der Waals surface area contributed by atoms with E-state index in [2.05, 4.69) is 10.1 Å². The number of aromatic carboxylic acids is 1. The third-order valence-electron chi connectivity index (χ3n) is 4.12. The van der Waals surface area contributed by atoms with Crippen LogP contribution >= 0.6 is 0 Å². The van der Waals surface area contributed by atoms with Gasteiger partial charge in [-0.25, -0.2) is 9.18 Å². The van der Waals surface area contributed by atoms with Crippen molar-refractivity contribution in [3.05, 3.63) is 41.5 Å². The molecule has 0 bridgehead atoms. The number of halogens is 1. The zero-order valence-electron chi connectivity index (χ0n) is 11.9. The fourth-order valence-electron chi connectivity index (χ4n) is 2.96. The Hall–Kier alpha value is -2.63. The zero-order valence-corrected chi connectivity index (χ0v) is 11.9. The van der Waals surface area contributed by atoms with Crippen LogP contribution in [0.1, 0.15) is 34.9 Å². The molecule has 0 unspecified atom stereocenters. The molecule has 2 N–H and O–H groups in total. The second-order valence-electron chi connectivity index (χ2n) is 5.69. The van der Waals surface area contributed by atoms with Crippen molar-refractivity contribution in [3.63, 3.8) is 0 Å². The molecule has 0 spiro atoms. The van der Waals surface area contributed by atoms with E-state index in [1.807, 2.05) is 0 Å². The fraction of sp³-hybridized carbons (Fsp3) is 0.250. The minimum atomic E-state index is -1.03. The molecule has 2 aromatic heterocycles. The summed E-state index contributed by atoms with van der Waals surface area (Å²) in [6, 6.07) is 5.85. The highest BCUT2D eigenvalue weighted by atomic mass is 19.1. The number of fused-ring (bicyclic) bond motifs is 1. The number of carboxylic acid groups (broad SMARTS) is 1. The van der Waals surface area contributed by atoms with Gasteiger partial charge in [-0.1, -0.05) is 12.1 Å². The predicted octanol–water partition coefficient (Wildman–Crippen LogP) is 3.28. The van der Waals surface area contributed by atoms with Crippen molar-refractivity contribution >= 4 is 17.0 Å². The molecule has 6 heteroatoms.